The first-order valence-electron chi connectivity index (χ1n) is 5.92. The summed E-state index contributed by atoms with van der Waals surface area (Å²) in [5.41, 5.74) is 1.26. The van der Waals surface area contributed by atoms with Gasteiger partial charge in [0, 0.05) is 29.3 Å². The van der Waals surface area contributed by atoms with Gasteiger partial charge in [-0.25, -0.2) is 0 Å². The van der Waals surface area contributed by atoms with Crippen molar-refractivity contribution >= 4 is 17.3 Å². The Hall–Kier alpha value is -0.730. The number of nitrogens with one attached hydrogen (secondary N) is 1. The predicted octanol–water partition coefficient (Wildman–Crippen LogP) is 2.92. The van der Waals surface area contributed by atoms with E-state index in [-0.39, 0.29) is 0 Å². The molecule has 0 bridgehead atoms. The topological polar surface area (TPSA) is 15.3 Å². The minimum Gasteiger partial charge on any atom is -0.368 e. The van der Waals surface area contributed by atoms with Crippen LogP contribution in [0.1, 0.15) is 20.3 Å². The third-order valence-electron chi connectivity index (χ3n) is 3.12. The van der Waals surface area contributed by atoms with Crippen molar-refractivity contribution in [3.8, 4) is 0 Å². The molecule has 1 fully saturated rings. The lowest BCUT2D eigenvalue weighted by Crippen LogP contribution is -2.51. The maximum Gasteiger partial charge on any atom is 0.0407 e. The van der Waals surface area contributed by atoms with Gasteiger partial charge in [-0.05, 0) is 51.1 Å². The first-order chi connectivity index (χ1) is 7.66. The number of nitrogens with zero attached hydrogens (tertiary/aromatic N) is 1. The third-order valence-corrected chi connectivity index (χ3v) is 3.38. The molecule has 0 saturated carbocycles. The van der Waals surface area contributed by atoms with Crippen LogP contribution in [0.2, 0.25) is 5.02 Å². The molecule has 1 N–H and O–H groups in total. The Kier molecular flexibility index (Phi) is 3.72. The van der Waals surface area contributed by atoms with Gasteiger partial charge in [0.2, 0.25) is 0 Å². The van der Waals surface area contributed by atoms with Crippen molar-refractivity contribution in [1.82, 2.24) is 5.32 Å². The van der Waals surface area contributed by atoms with Gasteiger partial charge in [0.25, 0.3) is 0 Å². The number of anilines is 1. The highest BCUT2D eigenvalue weighted by Crippen LogP contribution is 2.21. The molecule has 1 aliphatic heterocycles. The summed E-state index contributed by atoms with van der Waals surface area (Å²) >= 11 is 5.91. The van der Waals surface area contributed by atoms with Gasteiger partial charge in [-0.3, -0.25) is 0 Å². The van der Waals surface area contributed by atoms with Crippen LogP contribution in [0.3, 0.4) is 0 Å². The van der Waals surface area contributed by atoms with Crippen molar-refractivity contribution in [2.75, 3.05) is 18.0 Å². The molecule has 0 radical (unpaired) electrons. The number of halogens is 1. The van der Waals surface area contributed by atoms with Gasteiger partial charge >= 0.3 is 0 Å². The van der Waals surface area contributed by atoms with Crippen LogP contribution in [0.25, 0.3) is 0 Å². The quantitative estimate of drug-likeness (QED) is 0.868. The largest absolute Gasteiger partial charge is 0.368 e. The fraction of sp³-hybridized carbons (Fsp3) is 0.538. The summed E-state index contributed by atoms with van der Waals surface area (Å²) in [4.78, 5) is 2.42. The fourth-order valence-electron chi connectivity index (χ4n) is 1.99. The Morgan fingerprint density at radius 2 is 2.00 bits per heavy atom. The van der Waals surface area contributed by atoms with Gasteiger partial charge in [-0.15, -0.1) is 0 Å². The lowest BCUT2D eigenvalue weighted by atomic mass is 10.1. The summed E-state index contributed by atoms with van der Waals surface area (Å²) in [5, 5.41) is 4.24. The maximum absolute atomic E-state index is 5.91. The van der Waals surface area contributed by atoms with Gasteiger partial charge in [-0.1, -0.05) is 11.6 Å². The van der Waals surface area contributed by atoms with E-state index in [1.807, 2.05) is 12.1 Å². The van der Waals surface area contributed by atoms with Crippen LogP contribution in [0.15, 0.2) is 24.3 Å². The van der Waals surface area contributed by atoms with Crippen molar-refractivity contribution in [3.05, 3.63) is 29.3 Å². The molecule has 2 rings (SSSR count). The van der Waals surface area contributed by atoms with Gasteiger partial charge in [-0.2, -0.15) is 0 Å². The smallest absolute Gasteiger partial charge is 0.0407 e. The molecule has 1 aromatic carbocycles. The highest BCUT2D eigenvalue weighted by atomic mass is 35.5. The van der Waals surface area contributed by atoms with Crippen molar-refractivity contribution in [2.45, 2.75) is 32.4 Å². The Morgan fingerprint density at radius 3 is 2.44 bits per heavy atom. The molecule has 1 heterocycles. The molecule has 0 unspecified atom stereocenters. The molecular weight excluding hydrogens is 220 g/mol. The van der Waals surface area contributed by atoms with E-state index in [0.717, 1.165) is 18.1 Å². The second-order valence-electron chi connectivity index (χ2n) is 4.66. The SMILES string of the molecule is CC(C)N(C[C@@H]1CCN1)c1ccc(Cl)cc1. The van der Waals surface area contributed by atoms with Crippen molar-refractivity contribution in [1.29, 1.82) is 0 Å². The summed E-state index contributed by atoms with van der Waals surface area (Å²) in [6.07, 6.45) is 1.29. The molecule has 1 saturated heterocycles. The summed E-state index contributed by atoms with van der Waals surface area (Å²) in [6.45, 7) is 6.71. The van der Waals surface area contributed by atoms with E-state index in [4.69, 9.17) is 11.6 Å². The van der Waals surface area contributed by atoms with Crippen LogP contribution in [0.4, 0.5) is 5.69 Å². The normalized spacial score (nSPS) is 19.6. The Bertz CT molecular complexity index is 330. The van der Waals surface area contributed by atoms with Crippen LogP contribution in [-0.2, 0) is 0 Å². The molecule has 0 spiro atoms. The van der Waals surface area contributed by atoms with E-state index >= 15 is 0 Å². The molecule has 1 atom stereocenters. The molecule has 0 amide bonds. The summed E-state index contributed by atoms with van der Waals surface area (Å²) in [5.74, 6) is 0. The number of benzene rings is 1. The molecule has 2 nitrogen and oxygen atoms in total. The minimum atomic E-state index is 0.517. The van der Waals surface area contributed by atoms with E-state index in [2.05, 4.69) is 36.2 Å². The van der Waals surface area contributed by atoms with E-state index < -0.39 is 0 Å². The number of rotatable bonds is 4. The number of hydrogen-bond acceptors (Lipinski definition) is 2. The maximum atomic E-state index is 5.91. The molecule has 3 heteroatoms. The van der Waals surface area contributed by atoms with Crippen LogP contribution in [0.5, 0.6) is 0 Å². The van der Waals surface area contributed by atoms with E-state index in [1.165, 1.54) is 12.1 Å². The van der Waals surface area contributed by atoms with Gasteiger partial charge < -0.3 is 10.2 Å². The van der Waals surface area contributed by atoms with Crippen LogP contribution >= 0.6 is 11.6 Å². The average molecular weight is 239 g/mol. The molecule has 0 aromatic heterocycles. The predicted molar refractivity (Wildman–Crippen MR) is 70.3 cm³/mol. The van der Waals surface area contributed by atoms with Gasteiger partial charge in [0.05, 0.1) is 0 Å². The number of hydrogen-bond donors (Lipinski definition) is 1. The van der Waals surface area contributed by atoms with E-state index in [0.29, 0.717) is 12.1 Å². The first-order valence-corrected chi connectivity index (χ1v) is 6.30. The third kappa shape index (κ3) is 2.69. The average Bonchev–Trinajstić information content (AvgIpc) is 2.18. The molecule has 88 valence electrons. The molecule has 1 aliphatic rings. The van der Waals surface area contributed by atoms with Gasteiger partial charge in [0.1, 0.15) is 0 Å². The van der Waals surface area contributed by atoms with Crippen LogP contribution < -0.4 is 10.2 Å². The molecule has 1 aromatic rings. The Labute approximate surface area is 103 Å². The standard InChI is InChI=1S/C13H19ClN2/c1-10(2)16(9-12-7-8-15-12)13-5-3-11(14)4-6-13/h3-6,10,12,15H,7-9H2,1-2H3/t12-/m0/s1. The zero-order chi connectivity index (χ0) is 11.5. The van der Waals surface area contributed by atoms with Crippen molar-refractivity contribution in [3.63, 3.8) is 0 Å². The Balaban J connectivity index is 2.08. The molecule has 16 heavy (non-hydrogen) atoms. The zero-order valence-corrected chi connectivity index (χ0v) is 10.7. The summed E-state index contributed by atoms with van der Waals surface area (Å²) in [7, 11) is 0. The molecule has 0 aliphatic carbocycles. The highest BCUT2D eigenvalue weighted by Gasteiger charge is 2.21. The monoisotopic (exact) mass is 238 g/mol. The van der Waals surface area contributed by atoms with Crippen LogP contribution in [0, 0.1) is 0 Å². The lowest BCUT2D eigenvalue weighted by Gasteiger charge is -2.37. The van der Waals surface area contributed by atoms with Crippen LogP contribution in [-0.4, -0.2) is 25.2 Å². The fourth-order valence-corrected chi connectivity index (χ4v) is 2.11. The summed E-state index contributed by atoms with van der Waals surface area (Å²) < 4.78 is 0. The molecular formula is C13H19ClN2. The second-order valence-corrected chi connectivity index (χ2v) is 5.10. The van der Waals surface area contributed by atoms with Gasteiger partial charge in [0.15, 0.2) is 0 Å². The first kappa shape index (κ1) is 11.7. The van der Waals surface area contributed by atoms with E-state index in [1.54, 1.807) is 0 Å². The van der Waals surface area contributed by atoms with Crippen molar-refractivity contribution < 1.29 is 0 Å². The minimum absolute atomic E-state index is 0.517. The van der Waals surface area contributed by atoms with Crippen molar-refractivity contribution in [2.24, 2.45) is 0 Å². The second kappa shape index (κ2) is 5.07. The summed E-state index contributed by atoms with van der Waals surface area (Å²) in [6, 6.07) is 9.28. The highest BCUT2D eigenvalue weighted by molar-refractivity contribution is 6.30. The lowest BCUT2D eigenvalue weighted by molar-refractivity contribution is 0.364. The van der Waals surface area contributed by atoms with E-state index in [9.17, 15) is 0 Å². The zero-order valence-electron chi connectivity index (χ0n) is 9.91. The Morgan fingerprint density at radius 1 is 1.38 bits per heavy atom.